The number of nitrogens with two attached hydrogens (primary N) is 2. The van der Waals surface area contributed by atoms with Crippen molar-refractivity contribution in [3.05, 3.63) is 247 Å². The number of sulfonamides is 2. The smallest absolute Gasteiger partial charge is 0.457 e. The Morgan fingerprint density at radius 3 is 0.929 bits per heavy atom. The molecule has 0 heterocycles. The minimum atomic E-state index is -3.66. The van der Waals surface area contributed by atoms with Gasteiger partial charge in [0.1, 0.15) is 34.5 Å². The van der Waals surface area contributed by atoms with Crippen LogP contribution in [0.4, 0.5) is 0 Å². The maximum atomic E-state index is 11.3. The first-order chi connectivity index (χ1) is 33.6. The molecule has 9 aromatic carbocycles. The second-order valence-corrected chi connectivity index (χ2v) is 19.2. The van der Waals surface area contributed by atoms with Crippen LogP contribution in [-0.4, -0.2) is 34.0 Å². The van der Waals surface area contributed by atoms with Crippen LogP contribution < -0.4 is 30.0 Å². The van der Waals surface area contributed by atoms with E-state index in [1.165, 1.54) is 41.0 Å². The molecule has 0 spiro atoms. The minimum Gasteiger partial charge on any atom is -0.457 e. The Kier molecular flexibility index (Phi) is 18.8. The Bertz CT molecular complexity index is 3210. The van der Waals surface area contributed by atoms with Crippen LogP contribution in [0.15, 0.2) is 251 Å². The summed E-state index contributed by atoms with van der Waals surface area (Å²) in [6.45, 7) is 2.10. The monoisotopic (exact) mass is 1030 g/mol. The van der Waals surface area contributed by atoms with Gasteiger partial charge in [-0.2, -0.15) is 0 Å². The molecule has 0 unspecified atom stereocenters. The van der Waals surface area contributed by atoms with Crippen LogP contribution in [-0.2, 0) is 20.0 Å². The first-order valence-electron chi connectivity index (χ1n) is 21.4. The van der Waals surface area contributed by atoms with Gasteiger partial charge in [-0.1, -0.05) is 149 Å². The zero-order chi connectivity index (χ0) is 49.9. The summed E-state index contributed by atoms with van der Waals surface area (Å²) in [6.07, 6.45) is 0. The van der Waals surface area contributed by atoms with Crippen LogP contribution in [0.5, 0.6) is 34.5 Å². The molecule has 354 valence electrons. The predicted octanol–water partition coefficient (Wildman–Crippen LogP) is 11.5. The number of hydrogen-bond acceptors (Lipinski definition) is 9. The second kappa shape index (κ2) is 25.3. The minimum absolute atomic E-state index is 0.102. The Morgan fingerprint density at radius 2 is 0.629 bits per heavy atom. The Hall–Kier alpha value is -7.34. The molecular weight excluding hydrogens is 987 g/mol. The van der Waals surface area contributed by atoms with E-state index in [0.29, 0.717) is 11.2 Å². The summed E-state index contributed by atoms with van der Waals surface area (Å²) in [5.41, 5.74) is 6.01. The van der Waals surface area contributed by atoms with Crippen molar-refractivity contribution in [2.75, 3.05) is 0 Å². The van der Waals surface area contributed by atoms with E-state index >= 15 is 0 Å². The van der Waals surface area contributed by atoms with Crippen molar-refractivity contribution in [3.8, 4) is 56.8 Å². The summed E-state index contributed by atoms with van der Waals surface area (Å²) in [6, 6.07) is 72.3. The van der Waals surface area contributed by atoms with Crippen LogP contribution in [0.25, 0.3) is 22.3 Å². The molecule has 9 aromatic rings. The largest absolute Gasteiger partial charge is 0.488 e. The lowest BCUT2D eigenvalue weighted by Crippen LogP contribution is -2.29. The molecule has 0 amide bonds. The van der Waals surface area contributed by atoms with E-state index in [1.807, 2.05) is 127 Å². The molecule has 0 fully saturated rings. The zero-order valence-electron chi connectivity index (χ0n) is 37.7. The molecule has 0 aliphatic carbocycles. The molecule has 9 rings (SSSR count). The summed E-state index contributed by atoms with van der Waals surface area (Å²) in [4.78, 5) is 0.228. The Balaban J connectivity index is 0.000000158. The highest BCUT2D eigenvalue weighted by Gasteiger charge is 2.11. The van der Waals surface area contributed by atoms with Gasteiger partial charge < -0.3 is 24.3 Å². The summed E-state index contributed by atoms with van der Waals surface area (Å²) >= 11 is 3.18. The van der Waals surface area contributed by atoms with Crippen molar-refractivity contribution in [2.24, 2.45) is 10.3 Å². The van der Waals surface area contributed by atoms with Gasteiger partial charge in [-0.3, -0.25) is 0 Å². The average molecular weight is 1040 g/mol. The van der Waals surface area contributed by atoms with Gasteiger partial charge in [-0.25, -0.2) is 27.1 Å². The molecule has 0 atom stereocenters. The Labute approximate surface area is 417 Å². The molecule has 6 N–H and O–H groups in total. The fourth-order valence-electron chi connectivity index (χ4n) is 6.22. The van der Waals surface area contributed by atoms with Gasteiger partial charge in [-0.05, 0) is 144 Å². The normalized spacial score (nSPS) is 10.7. The second-order valence-electron chi connectivity index (χ2n) is 15.2. The topological polar surface area (TPSA) is 188 Å². The van der Waals surface area contributed by atoms with Crippen LogP contribution in [0.3, 0.4) is 0 Å². The van der Waals surface area contributed by atoms with Gasteiger partial charge in [0, 0.05) is 4.47 Å². The molecule has 0 radical (unpaired) electrons. The summed E-state index contributed by atoms with van der Waals surface area (Å²) < 4.78 is 61.8. The summed E-state index contributed by atoms with van der Waals surface area (Å²) in [5, 5.41) is 27.8. The third kappa shape index (κ3) is 17.0. The predicted molar refractivity (Wildman–Crippen MR) is 281 cm³/mol. The quantitative estimate of drug-likeness (QED) is 0.0914. The van der Waals surface area contributed by atoms with Gasteiger partial charge in [-0.15, -0.1) is 0 Å². The lowest BCUT2D eigenvalue weighted by atomic mass is 9.80. The average Bonchev–Trinajstić information content (AvgIpc) is 3.36. The third-order valence-electron chi connectivity index (χ3n) is 9.87. The number of hydrogen-bond donors (Lipinski definition) is 4. The van der Waals surface area contributed by atoms with Crippen LogP contribution in [0.1, 0.15) is 5.56 Å². The van der Waals surface area contributed by atoms with E-state index in [0.717, 1.165) is 44.3 Å². The van der Waals surface area contributed by atoms with E-state index in [9.17, 15) is 16.8 Å². The fraction of sp³-hybridized carbons (Fsp3) is 0.0182. The van der Waals surface area contributed by atoms with E-state index in [2.05, 4.69) is 59.3 Å². The molecule has 0 aromatic heterocycles. The molecule has 70 heavy (non-hydrogen) atoms. The number of ether oxygens (including phenoxy) is 3. The first kappa shape index (κ1) is 52.0. The Morgan fingerprint density at radius 1 is 0.371 bits per heavy atom. The van der Waals surface area contributed by atoms with Crippen molar-refractivity contribution in [2.45, 2.75) is 16.7 Å². The van der Waals surface area contributed by atoms with Crippen molar-refractivity contribution in [1.82, 2.24) is 0 Å². The first-order valence-corrected chi connectivity index (χ1v) is 25.3. The highest BCUT2D eigenvalue weighted by atomic mass is 79.9. The van der Waals surface area contributed by atoms with Crippen molar-refractivity contribution in [3.63, 3.8) is 0 Å². The van der Waals surface area contributed by atoms with Crippen molar-refractivity contribution < 1.29 is 41.1 Å². The molecule has 15 heteroatoms. The number of benzene rings is 9. The maximum absolute atomic E-state index is 11.3. The van der Waals surface area contributed by atoms with E-state index in [1.54, 1.807) is 48.5 Å². The number of rotatable bonds is 11. The highest BCUT2D eigenvalue weighted by molar-refractivity contribution is 9.10. The van der Waals surface area contributed by atoms with Crippen molar-refractivity contribution >= 4 is 48.6 Å². The highest BCUT2D eigenvalue weighted by Crippen LogP contribution is 2.28. The number of halogens is 1. The van der Waals surface area contributed by atoms with Crippen LogP contribution in [0, 0.1) is 6.92 Å². The molecule has 0 saturated heterocycles. The summed E-state index contributed by atoms with van der Waals surface area (Å²) in [5.74, 6) is 4.64. The molecule has 0 bridgehead atoms. The maximum Gasteiger partial charge on any atom is 0.488 e. The van der Waals surface area contributed by atoms with Gasteiger partial charge in [0.2, 0.25) is 20.0 Å². The van der Waals surface area contributed by atoms with Crippen molar-refractivity contribution in [1.29, 1.82) is 0 Å². The lowest BCUT2D eigenvalue weighted by Gasteiger charge is -2.07. The van der Waals surface area contributed by atoms with E-state index in [4.69, 9.17) is 34.5 Å². The number of para-hydroxylation sites is 3. The number of aryl methyl sites for hydroxylation is 1. The van der Waals surface area contributed by atoms with E-state index < -0.39 is 27.2 Å². The SMILES string of the molecule is Cc1ccc(-c2ccc(Oc3ccccc3)cc2)cc1.NS(=O)(=O)c1ccc(-c2ccc(Oc3ccccc3)cc2)cc1.NS(=O)(=O)c1ccc(Br)cc1.OB(O)c1ccc(Oc2ccccc2)cc1. The molecule has 0 aliphatic rings. The van der Waals surface area contributed by atoms with E-state index in [-0.39, 0.29) is 9.79 Å². The molecule has 11 nitrogen and oxygen atoms in total. The number of primary sulfonamides is 2. The summed E-state index contributed by atoms with van der Waals surface area (Å²) in [7, 11) is -8.64. The third-order valence-corrected chi connectivity index (χ3v) is 12.3. The van der Waals surface area contributed by atoms with Gasteiger partial charge in [0.05, 0.1) is 9.79 Å². The van der Waals surface area contributed by atoms with Gasteiger partial charge in [0.15, 0.2) is 0 Å². The van der Waals surface area contributed by atoms with Gasteiger partial charge in [0.25, 0.3) is 0 Å². The zero-order valence-corrected chi connectivity index (χ0v) is 40.9. The fourth-order valence-corrected chi connectivity index (χ4v) is 7.52. The molecule has 0 aliphatic heterocycles. The van der Waals surface area contributed by atoms with Crippen LogP contribution >= 0.6 is 15.9 Å². The standard InChI is InChI=1S/C19H16O.C18H15NO3S.C12H11BO3.C6H6BrNO2S/c1-15-7-9-16(10-8-15)17-11-13-19(14-12-17)20-18-5-3-2-4-6-18;19-23(20,21)18-12-8-15(9-13-18)14-6-10-17(11-7-14)22-16-4-2-1-3-5-16;14-13(15)10-6-8-12(9-7-10)16-11-4-2-1-3-5-11;7-5-1-3-6(4-2-5)11(8,9)10/h2-14H,1H3;1-13H,(H2,19,20,21);1-9,14-15H;1-4H,(H2,8,9,10). The molecular formula is C55H48BBrN2O9S2. The van der Waals surface area contributed by atoms with Gasteiger partial charge >= 0.3 is 7.12 Å². The van der Waals surface area contributed by atoms with Crippen LogP contribution in [0.2, 0.25) is 0 Å². The lowest BCUT2D eigenvalue weighted by molar-refractivity contribution is 0.425. The molecule has 0 saturated carbocycles.